The first kappa shape index (κ1) is 13.0. The number of benzene rings is 2. The summed E-state index contributed by atoms with van der Waals surface area (Å²) >= 11 is 0. The van der Waals surface area contributed by atoms with Gasteiger partial charge in [0.25, 0.3) is 0 Å². The van der Waals surface area contributed by atoms with E-state index in [0.29, 0.717) is 4.63 Å². The summed E-state index contributed by atoms with van der Waals surface area (Å²) in [5.41, 5.74) is 0. The molecular weight excluding hydrogens is 329 g/mol. The Morgan fingerprint density at radius 1 is 0.833 bits per heavy atom. The van der Waals surface area contributed by atoms with Crippen molar-refractivity contribution in [1.29, 1.82) is 0 Å². The molecule has 1 heterocycles. The van der Waals surface area contributed by atoms with Crippen LogP contribution in [-0.4, -0.2) is 4.63 Å². The van der Waals surface area contributed by atoms with E-state index in [1.807, 2.05) is 0 Å². The molecule has 1 fully saturated rings. The summed E-state index contributed by atoms with van der Waals surface area (Å²) in [4.78, 5) is 0. The van der Waals surface area contributed by atoms with Gasteiger partial charge >= 0.3 is 120 Å². The summed E-state index contributed by atoms with van der Waals surface area (Å²) in [6.07, 6.45) is 0. The molecule has 0 aliphatic carbocycles. The molecule has 18 heavy (non-hydrogen) atoms. The average molecular weight is 342 g/mol. The summed E-state index contributed by atoms with van der Waals surface area (Å²) in [6.45, 7) is 0. The SMILES string of the molecule is [Cl][Ni]1([Cl])[CH2][CH]1P(c1ccccc1)c1ccccc1. The number of hydrogen-bond donors (Lipinski definition) is 0. The zero-order valence-corrected chi connectivity index (χ0v) is 13.0. The van der Waals surface area contributed by atoms with Crippen molar-refractivity contribution in [3.63, 3.8) is 0 Å². The van der Waals surface area contributed by atoms with Crippen LogP contribution in [0, 0.1) is 0 Å². The fraction of sp³-hybridized carbons (Fsp3) is 0.143. The van der Waals surface area contributed by atoms with Gasteiger partial charge in [0.1, 0.15) is 0 Å². The molecule has 0 aromatic heterocycles. The van der Waals surface area contributed by atoms with E-state index < -0.39 is 18.5 Å². The first-order chi connectivity index (χ1) is 8.68. The summed E-state index contributed by atoms with van der Waals surface area (Å²) < 4.78 is 0.469. The third-order valence-corrected chi connectivity index (χ3v) is 12.0. The van der Waals surface area contributed by atoms with E-state index in [0.717, 1.165) is 5.39 Å². The minimum absolute atomic E-state index is 0.409. The van der Waals surface area contributed by atoms with Crippen LogP contribution in [0.1, 0.15) is 0 Å². The summed E-state index contributed by atoms with van der Waals surface area (Å²) in [7, 11) is 10.9. The summed E-state index contributed by atoms with van der Waals surface area (Å²) in [5.74, 6) is 0. The van der Waals surface area contributed by atoms with Crippen molar-refractivity contribution in [1.82, 2.24) is 0 Å². The van der Waals surface area contributed by atoms with Crippen LogP contribution in [0.2, 0.25) is 5.39 Å². The van der Waals surface area contributed by atoms with Crippen LogP contribution >= 0.6 is 28.3 Å². The molecule has 0 N–H and O–H groups in total. The van der Waals surface area contributed by atoms with Gasteiger partial charge in [-0.15, -0.1) is 0 Å². The molecule has 0 nitrogen and oxygen atoms in total. The summed E-state index contributed by atoms with van der Waals surface area (Å²) in [5, 5.41) is 3.74. The van der Waals surface area contributed by atoms with Crippen molar-refractivity contribution in [2.75, 3.05) is 0 Å². The molecule has 1 unspecified atom stereocenters. The fourth-order valence-electron chi connectivity index (χ4n) is 1.92. The van der Waals surface area contributed by atoms with Crippen LogP contribution in [0.3, 0.4) is 0 Å². The van der Waals surface area contributed by atoms with Crippen LogP contribution in [0.25, 0.3) is 0 Å². The van der Waals surface area contributed by atoms with Crippen molar-refractivity contribution in [2.45, 2.75) is 10.0 Å². The Kier molecular flexibility index (Phi) is 3.70. The maximum absolute atomic E-state index is 6.38. The molecular formula is C14H13Cl2NiP. The van der Waals surface area contributed by atoms with Gasteiger partial charge in [0.15, 0.2) is 0 Å². The van der Waals surface area contributed by atoms with E-state index in [1.54, 1.807) is 0 Å². The van der Waals surface area contributed by atoms with Gasteiger partial charge in [0.05, 0.1) is 0 Å². The van der Waals surface area contributed by atoms with Crippen molar-refractivity contribution < 1.29 is 10.6 Å². The Morgan fingerprint density at radius 2 is 1.22 bits per heavy atom. The van der Waals surface area contributed by atoms with E-state index >= 15 is 0 Å². The molecule has 0 bridgehead atoms. The monoisotopic (exact) mass is 340 g/mol. The average Bonchev–Trinajstić information content (AvgIpc) is 3.01. The molecule has 0 saturated carbocycles. The van der Waals surface area contributed by atoms with E-state index in [1.165, 1.54) is 10.6 Å². The van der Waals surface area contributed by atoms with Crippen molar-refractivity contribution in [2.24, 2.45) is 0 Å². The first-order valence-corrected chi connectivity index (χ1v) is 11.0. The second-order valence-electron chi connectivity index (χ2n) is 4.04. The van der Waals surface area contributed by atoms with Crippen molar-refractivity contribution in [3.8, 4) is 0 Å². The van der Waals surface area contributed by atoms with Crippen LogP contribution < -0.4 is 10.6 Å². The molecule has 4 heteroatoms. The van der Waals surface area contributed by atoms with Crippen molar-refractivity contribution >= 4 is 38.9 Å². The Labute approximate surface area is 120 Å². The molecule has 98 valence electrons. The predicted octanol–water partition coefficient (Wildman–Crippen LogP) is 4.34. The van der Waals surface area contributed by atoms with Gasteiger partial charge in [0.2, 0.25) is 0 Å². The van der Waals surface area contributed by atoms with Gasteiger partial charge in [-0.2, -0.15) is 0 Å². The number of halogens is 2. The number of rotatable bonds is 3. The first-order valence-electron chi connectivity index (χ1n) is 5.58. The Bertz CT molecular complexity index is 491. The molecule has 0 amide bonds. The quantitative estimate of drug-likeness (QED) is 0.575. The van der Waals surface area contributed by atoms with Gasteiger partial charge in [-0.05, 0) is 0 Å². The molecule has 1 aliphatic rings. The van der Waals surface area contributed by atoms with Gasteiger partial charge in [-0.1, -0.05) is 0 Å². The predicted molar refractivity (Wildman–Crippen MR) is 79.4 cm³/mol. The Hall–Kier alpha value is -0.0565. The van der Waals surface area contributed by atoms with Crippen LogP contribution in [0.5, 0.6) is 0 Å². The third kappa shape index (κ3) is 2.61. The molecule has 2 aromatic rings. The Balaban J connectivity index is 2.01. The molecule has 1 aliphatic heterocycles. The Morgan fingerprint density at radius 3 is 1.56 bits per heavy atom. The van der Waals surface area contributed by atoms with E-state index in [4.69, 9.17) is 20.4 Å². The zero-order chi connectivity index (χ0) is 12.6. The number of hydrogen-bond acceptors (Lipinski definition) is 0. The van der Waals surface area contributed by atoms with Crippen LogP contribution in [-0.2, 0) is 10.6 Å². The second kappa shape index (κ2) is 5.14. The van der Waals surface area contributed by atoms with Gasteiger partial charge in [-0.3, -0.25) is 0 Å². The molecule has 0 spiro atoms. The van der Waals surface area contributed by atoms with Crippen LogP contribution in [0.4, 0.5) is 0 Å². The molecule has 3 rings (SSSR count). The molecule has 1 atom stereocenters. The normalized spacial score (nSPS) is 22.7. The van der Waals surface area contributed by atoms with Gasteiger partial charge in [0, 0.05) is 0 Å². The molecule has 1 saturated heterocycles. The molecule has 0 radical (unpaired) electrons. The second-order valence-corrected chi connectivity index (χ2v) is 13.4. The topological polar surface area (TPSA) is 0 Å². The van der Waals surface area contributed by atoms with E-state index in [-0.39, 0.29) is 0 Å². The van der Waals surface area contributed by atoms with Crippen LogP contribution in [0.15, 0.2) is 60.7 Å². The fourth-order valence-corrected chi connectivity index (χ4v) is 11.7. The minimum atomic E-state index is -1.49. The summed E-state index contributed by atoms with van der Waals surface area (Å²) in [6, 6.07) is 21.3. The van der Waals surface area contributed by atoms with Crippen molar-refractivity contribution in [3.05, 3.63) is 60.7 Å². The molecule has 2 aromatic carbocycles. The maximum atomic E-state index is 6.38. The standard InChI is InChI=1S/C14H13P.2ClH.Ni/c1-2-15(13-9-5-3-6-10-13)14-11-7-4-8-12-14;;;/h2-12H,1H2;2*1H;/q;;;+2/p-2. The van der Waals surface area contributed by atoms with Gasteiger partial charge < -0.3 is 0 Å². The van der Waals surface area contributed by atoms with Gasteiger partial charge in [-0.25, -0.2) is 0 Å². The van der Waals surface area contributed by atoms with E-state index in [2.05, 4.69) is 60.7 Å². The zero-order valence-electron chi connectivity index (χ0n) is 9.58. The third-order valence-electron chi connectivity index (χ3n) is 2.83. The van der Waals surface area contributed by atoms with E-state index in [9.17, 15) is 0 Å².